The average molecular weight is 347 g/mol. The summed E-state index contributed by atoms with van der Waals surface area (Å²) in [5.74, 6) is 0. The molecular weight excluding hydrogens is 328 g/mol. The number of halogens is 1. The number of carbonyl (C=O) groups excluding carboxylic acids is 1. The summed E-state index contributed by atoms with van der Waals surface area (Å²) < 4.78 is 0.891. The fourth-order valence-electron chi connectivity index (χ4n) is 2.03. The van der Waals surface area contributed by atoms with E-state index in [4.69, 9.17) is 0 Å². The van der Waals surface area contributed by atoms with E-state index in [0.717, 1.165) is 28.6 Å². The SMILES string of the molecule is Cc1ccc(NC(=O)NCCCc2ccccc2)c(Br)c1. The van der Waals surface area contributed by atoms with Crippen molar-refractivity contribution in [1.29, 1.82) is 0 Å². The highest BCUT2D eigenvalue weighted by molar-refractivity contribution is 9.10. The van der Waals surface area contributed by atoms with Crippen molar-refractivity contribution in [2.75, 3.05) is 11.9 Å². The minimum Gasteiger partial charge on any atom is -0.338 e. The van der Waals surface area contributed by atoms with E-state index in [9.17, 15) is 4.79 Å². The fourth-order valence-corrected chi connectivity index (χ4v) is 2.62. The van der Waals surface area contributed by atoms with Crippen molar-refractivity contribution in [3.8, 4) is 0 Å². The first-order chi connectivity index (χ1) is 10.1. The van der Waals surface area contributed by atoms with E-state index in [2.05, 4.69) is 38.7 Å². The molecule has 0 bridgehead atoms. The van der Waals surface area contributed by atoms with Gasteiger partial charge in [0.25, 0.3) is 0 Å². The van der Waals surface area contributed by atoms with Crippen LogP contribution in [-0.4, -0.2) is 12.6 Å². The number of hydrogen-bond donors (Lipinski definition) is 2. The summed E-state index contributed by atoms with van der Waals surface area (Å²) in [5.41, 5.74) is 3.22. The number of anilines is 1. The van der Waals surface area contributed by atoms with Crippen LogP contribution in [-0.2, 0) is 6.42 Å². The topological polar surface area (TPSA) is 41.1 Å². The van der Waals surface area contributed by atoms with Crippen molar-refractivity contribution >= 4 is 27.6 Å². The second-order valence-electron chi connectivity index (χ2n) is 4.95. The molecule has 0 atom stereocenters. The first-order valence-corrected chi connectivity index (χ1v) is 7.79. The van der Waals surface area contributed by atoms with E-state index in [0.29, 0.717) is 6.54 Å². The van der Waals surface area contributed by atoms with E-state index in [1.807, 2.05) is 43.3 Å². The normalized spacial score (nSPS) is 10.2. The molecule has 0 aromatic heterocycles. The number of amides is 2. The Morgan fingerprint density at radius 1 is 1.14 bits per heavy atom. The van der Waals surface area contributed by atoms with Crippen LogP contribution in [0.5, 0.6) is 0 Å². The Bertz CT molecular complexity index is 599. The lowest BCUT2D eigenvalue weighted by Crippen LogP contribution is -2.29. The van der Waals surface area contributed by atoms with Crippen molar-refractivity contribution in [3.05, 3.63) is 64.1 Å². The van der Waals surface area contributed by atoms with Gasteiger partial charge in [-0.2, -0.15) is 0 Å². The van der Waals surface area contributed by atoms with Crippen LogP contribution in [0, 0.1) is 6.92 Å². The molecule has 2 aromatic carbocycles. The molecule has 0 aliphatic carbocycles. The maximum absolute atomic E-state index is 11.8. The van der Waals surface area contributed by atoms with Gasteiger partial charge in [0.15, 0.2) is 0 Å². The van der Waals surface area contributed by atoms with Crippen LogP contribution in [0.3, 0.4) is 0 Å². The predicted molar refractivity (Wildman–Crippen MR) is 90.7 cm³/mol. The van der Waals surface area contributed by atoms with Gasteiger partial charge in [-0.05, 0) is 59.0 Å². The molecule has 21 heavy (non-hydrogen) atoms. The first kappa shape index (κ1) is 15.6. The van der Waals surface area contributed by atoms with Crippen LogP contribution in [0.25, 0.3) is 0 Å². The molecule has 0 fully saturated rings. The summed E-state index contributed by atoms with van der Waals surface area (Å²) in [6, 6.07) is 15.9. The largest absolute Gasteiger partial charge is 0.338 e. The Hall–Kier alpha value is -1.81. The Morgan fingerprint density at radius 3 is 2.62 bits per heavy atom. The van der Waals surface area contributed by atoms with E-state index in [1.165, 1.54) is 5.56 Å². The molecule has 110 valence electrons. The Morgan fingerprint density at radius 2 is 1.90 bits per heavy atom. The maximum atomic E-state index is 11.8. The van der Waals surface area contributed by atoms with Crippen molar-refractivity contribution in [1.82, 2.24) is 5.32 Å². The van der Waals surface area contributed by atoms with Gasteiger partial charge in [0.1, 0.15) is 0 Å². The van der Waals surface area contributed by atoms with Gasteiger partial charge in [0.05, 0.1) is 5.69 Å². The Kier molecular flexibility index (Phi) is 5.81. The summed E-state index contributed by atoms with van der Waals surface area (Å²) in [4.78, 5) is 11.8. The molecule has 0 saturated carbocycles. The molecule has 0 radical (unpaired) electrons. The van der Waals surface area contributed by atoms with Crippen molar-refractivity contribution in [2.45, 2.75) is 19.8 Å². The Labute approximate surface area is 133 Å². The predicted octanol–water partition coefficient (Wildman–Crippen LogP) is 4.51. The summed E-state index contributed by atoms with van der Waals surface area (Å²) in [6.07, 6.45) is 1.89. The number of hydrogen-bond acceptors (Lipinski definition) is 1. The number of carbonyl (C=O) groups is 1. The highest BCUT2D eigenvalue weighted by Gasteiger charge is 2.04. The zero-order valence-corrected chi connectivity index (χ0v) is 13.6. The summed E-state index contributed by atoms with van der Waals surface area (Å²) in [5, 5.41) is 5.71. The molecule has 0 saturated heterocycles. The Balaban J connectivity index is 1.72. The molecule has 0 heterocycles. The minimum atomic E-state index is -0.174. The van der Waals surface area contributed by atoms with Crippen LogP contribution in [0.1, 0.15) is 17.5 Å². The number of nitrogens with one attached hydrogen (secondary N) is 2. The van der Waals surface area contributed by atoms with E-state index in [1.54, 1.807) is 0 Å². The van der Waals surface area contributed by atoms with Gasteiger partial charge in [0.2, 0.25) is 0 Å². The van der Waals surface area contributed by atoms with E-state index >= 15 is 0 Å². The number of benzene rings is 2. The second kappa shape index (κ2) is 7.84. The van der Waals surface area contributed by atoms with Gasteiger partial charge in [0, 0.05) is 11.0 Å². The third-order valence-electron chi connectivity index (χ3n) is 3.14. The molecule has 0 aliphatic heterocycles. The molecular formula is C17H19BrN2O. The zero-order valence-electron chi connectivity index (χ0n) is 12.0. The summed E-state index contributed by atoms with van der Waals surface area (Å²) in [7, 11) is 0. The monoisotopic (exact) mass is 346 g/mol. The lowest BCUT2D eigenvalue weighted by atomic mass is 10.1. The first-order valence-electron chi connectivity index (χ1n) is 7.00. The van der Waals surface area contributed by atoms with Gasteiger partial charge < -0.3 is 10.6 Å². The van der Waals surface area contributed by atoms with Gasteiger partial charge in [-0.1, -0.05) is 36.4 Å². The van der Waals surface area contributed by atoms with Crippen molar-refractivity contribution in [2.24, 2.45) is 0 Å². The lowest BCUT2D eigenvalue weighted by Gasteiger charge is -2.09. The molecule has 0 aliphatic rings. The number of rotatable bonds is 5. The average Bonchev–Trinajstić information content (AvgIpc) is 2.48. The fraction of sp³-hybridized carbons (Fsp3) is 0.235. The smallest absolute Gasteiger partial charge is 0.319 e. The molecule has 0 spiro atoms. The second-order valence-corrected chi connectivity index (χ2v) is 5.81. The van der Waals surface area contributed by atoms with Gasteiger partial charge in [-0.25, -0.2) is 4.79 Å². The molecule has 3 nitrogen and oxygen atoms in total. The van der Waals surface area contributed by atoms with Gasteiger partial charge in [-0.15, -0.1) is 0 Å². The van der Waals surface area contributed by atoms with E-state index < -0.39 is 0 Å². The van der Waals surface area contributed by atoms with E-state index in [-0.39, 0.29) is 6.03 Å². The quantitative estimate of drug-likeness (QED) is 0.768. The molecule has 4 heteroatoms. The van der Waals surface area contributed by atoms with Crippen LogP contribution >= 0.6 is 15.9 Å². The van der Waals surface area contributed by atoms with Crippen LogP contribution in [0.15, 0.2) is 53.0 Å². The molecule has 0 unspecified atom stereocenters. The zero-order chi connectivity index (χ0) is 15.1. The third-order valence-corrected chi connectivity index (χ3v) is 3.80. The summed E-state index contributed by atoms with van der Waals surface area (Å²) in [6.45, 7) is 2.67. The van der Waals surface area contributed by atoms with Crippen LogP contribution < -0.4 is 10.6 Å². The maximum Gasteiger partial charge on any atom is 0.319 e. The highest BCUT2D eigenvalue weighted by Crippen LogP contribution is 2.23. The number of aryl methyl sites for hydroxylation is 2. The molecule has 2 N–H and O–H groups in total. The lowest BCUT2D eigenvalue weighted by molar-refractivity contribution is 0.252. The van der Waals surface area contributed by atoms with Gasteiger partial charge >= 0.3 is 6.03 Å². The minimum absolute atomic E-state index is 0.174. The van der Waals surface area contributed by atoms with Crippen molar-refractivity contribution in [3.63, 3.8) is 0 Å². The van der Waals surface area contributed by atoms with Gasteiger partial charge in [-0.3, -0.25) is 0 Å². The molecule has 2 amide bonds. The van der Waals surface area contributed by atoms with Crippen LogP contribution in [0.2, 0.25) is 0 Å². The van der Waals surface area contributed by atoms with Crippen LogP contribution in [0.4, 0.5) is 10.5 Å². The standard InChI is InChI=1S/C17H19BrN2O/c1-13-9-10-16(15(18)12-13)20-17(21)19-11-5-8-14-6-3-2-4-7-14/h2-4,6-7,9-10,12H,5,8,11H2,1H3,(H2,19,20,21). The molecule has 2 rings (SSSR count). The third kappa shape index (κ3) is 5.23. The summed E-state index contributed by atoms with van der Waals surface area (Å²) >= 11 is 3.45. The molecule has 2 aromatic rings. The number of urea groups is 1. The highest BCUT2D eigenvalue weighted by atomic mass is 79.9. The van der Waals surface area contributed by atoms with Crippen molar-refractivity contribution < 1.29 is 4.79 Å².